The predicted octanol–water partition coefficient (Wildman–Crippen LogP) is 2.38. The average Bonchev–Trinajstić information content (AvgIpc) is 2.36. The standard InChI is InChI=1S/C15H24N2O/c1-3-4-7-12(2)17-15(18)10-13-8-5-6-9-14(13)11-16/h5-6,8-9,12H,3-4,7,10-11,16H2,1-2H3,(H,17,18). The molecule has 0 aliphatic carbocycles. The molecule has 0 saturated carbocycles. The van der Waals surface area contributed by atoms with Crippen LogP contribution in [0.1, 0.15) is 44.2 Å². The Balaban J connectivity index is 2.49. The normalized spacial score (nSPS) is 12.2. The zero-order valence-electron chi connectivity index (χ0n) is 11.4. The molecule has 18 heavy (non-hydrogen) atoms. The van der Waals surface area contributed by atoms with Gasteiger partial charge in [-0.05, 0) is 24.5 Å². The van der Waals surface area contributed by atoms with Crippen molar-refractivity contribution in [1.82, 2.24) is 5.32 Å². The Morgan fingerprint density at radius 2 is 2.00 bits per heavy atom. The van der Waals surface area contributed by atoms with E-state index in [2.05, 4.69) is 19.2 Å². The molecule has 0 bridgehead atoms. The monoisotopic (exact) mass is 248 g/mol. The van der Waals surface area contributed by atoms with Crippen LogP contribution >= 0.6 is 0 Å². The van der Waals surface area contributed by atoms with E-state index in [0.717, 1.165) is 30.4 Å². The molecule has 1 aromatic rings. The van der Waals surface area contributed by atoms with Gasteiger partial charge in [0.2, 0.25) is 5.91 Å². The Labute approximate surface area is 110 Å². The van der Waals surface area contributed by atoms with E-state index in [1.54, 1.807) is 0 Å². The van der Waals surface area contributed by atoms with Crippen LogP contribution in [0.15, 0.2) is 24.3 Å². The lowest BCUT2D eigenvalue weighted by Gasteiger charge is -2.14. The molecule has 0 heterocycles. The summed E-state index contributed by atoms with van der Waals surface area (Å²) in [6, 6.07) is 8.10. The van der Waals surface area contributed by atoms with Crippen molar-refractivity contribution in [3.05, 3.63) is 35.4 Å². The zero-order valence-corrected chi connectivity index (χ0v) is 11.4. The fraction of sp³-hybridized carbons (Fsp3) is 0.533. The van der Waals surface area contributed by atoms with Crippen LogP contribution in [-0.2, 0) is 17.8 Å². The van der Waals surface area contributed by atoms with Crippen LogP contribution in [-0.4, -0.2) is 11.9 Å². The highest BCUT2D eigenvalue weighted by Crippen LogP contribution is 2.09. The fourth-order valence-corrected chi connectivity index (χ4v) is 2.01. The largest absolute Gasteiger partial charge is 0.353 e. The van der Waals surface area contributed by atoms with Gasteiger partial charge in [0, 0.05) is 12.6 Å². The number of amides is 1. The third kappa shape index (κ3) is 4.88. The minimum Gasteiger partial charge on any atom is -0.353 e. The third-order valence-corrected chi connectivity index (χ3v) is 3.09. The minimum absolute atomic E-state index is 0.0829. The first-order chi connectivity index (χ1) is 8.67. The molecule has 0 aliphatic heterocycles. The Hall–Kier alpha value is -1.35. The summed E-state index contributed by atoms with van der Waals surface area (Å²) in [4.78, 5) is 11.9. The van der Waals surface area contributed by atoms with E-state index >= 15 is 0 Å². The van der Waals surface area contributed by atoms with Crippen molar-refractivity contribution in [2.75, 3.05) is 0 Å². The van der Waals surface area contributed by atoms with E-state index in [9.17, 15) is 4.79 Å². The van der Waals surface area contributed by atoms with Gasteiger partial charge in [0.15, 0.2) is 0 Å². The van der Waals surface area contributed by atoms with Crippen LogP contribution in [0.3, 0.4) is 0 Å². The topological polar surface area (TPSA) is 55.1 Å². The summed E-state index contributed by atoms with van der Waals surface area (Å²) in [6.45, 7) is 4.70. The lowest BCUT2D eigenvalue weighted by molar-refractivity contribution is -0.121. The van der Waals surface area contributed by atoms with E-state index in [4.69, 9.17) is 5.73 Å². The number of benzene rings is 1. The summed E-state index contributed by atoms with van der Waals surface area (Å²) >= 11 is 0. The van der Waals surface area contributed by atoms with Gasteiger partial charge in [-0.3, -0.25) is 4.79 Å². The van der Waals surface area contributed by atoms with Gasteiger partial charge in [-0.2, -0.15) is 0 Å². The molecule has 0 aromatic heterocycles. The van der Waals surface area contributed by atoms with Crippen molar-refractivity contribution in [3.63, 3.8) is 0 Å². The van der Waals surface area contributed by atoms with E-state index in [1.165, 1.54) is 0 Å². The van der Waals surface area contributed by atoms with Gasteiger partial charge in [0.25, 0.3) is 0 Å². The number of hydrogen-bond acceptors (Lipinski definition) is 2. The molecule has 0 radical (unpaired) electrons. The van der Waals surface area contributed by atoms with E-state index < -0.39 is 0 Å². The van der Waals surface area contributed by atoms with Gasteiger partial charge in [-0.15, -0.1) is 0 Å². The molecule has 3 heteroatoms. The third-order valence-electron chi connectivity index (χ3n) is 3.09. The molecule has 3 nitrogen and oxygen atoms in total. The molecule has 1 atom stereocenters. The van der Waals surface area contributed by atoms with Crippen LogP contribution < -0.4 is 11.1 Å². The molecule has 1 rings (SSSR count). The maximum absolute atomic E-state index is 11.9. The van der Waals surface area contributed by atoms with E-state index in [1.807, 2.05) is 24.3 Å². The van der Waals surface area contributed by atoms with Gasteiger partial charge in [-0.25, -0.2) is 0 Å². The molecule has 0 fully saturated rings. The Morgan fingerprint density at radius 3 is 2.61 bits per heavy atom. The highest BCUT2D eigenvalue weighted by atomic mass is 16.1. The number of nitrogens with two attached hydrogens (primary N) is 1. The second-order valence-corrected chi connectivity index (χ2v) is 4.76. The van der Waals surface area contributed by atoms with E-state index in [0.29, 0.717) is 13.0 Å². The summed E-state index contributed by atoms with van der Waals surface area (Å²) < 4.78 is 0. The van der Waals surface area contributed by atoms with Crippen molar-refractivity contribution >= 4 is 5.91 Å². The summed E-state index contributed by atoms with van der Waals surface area (Å²) in [6.07, 6.45) is 3.78. The van der Waals surface area contributed by atoms with Crippen molar-refractivity contribution in [2.45, 2.75) is 52.1 Å². The van der Waals surface area contributed by atoms with Crippen LogP contribution in [0.2, 0.25) is 0 Å². The fourth-order valence-electron chi connectivity index (χ4n) is 2.01. The highest BCUT2D eigenvalue weighted by molar-refractivity contribution is 5.79. The molecular weight excluding hydrogens is 224 g/mol. The number of rotatable bonds is 7. The summed E-state index contributed by atoms with van der Waals surface area (Å²) in [5.41, 5.74) is 7.74. The number of hydrogen-bond donors (Lipinski definition) is 2. The Bertz CT molecular complexity index is 377. The summed E-state index contributed by atoms with van der Waals surface area (Å²) in [7, 11) is 0. The van der Waals surface area contributed by atoms with Crippen LogP contribution in [0.5, 0.6) is 0 Å². The lowest BCUT2D eigenvalue weighted by atomic mass is 10.0. The van der Waals surface area contributed by atoms with Gasteiger partial charge < -0.3 is 11.1 Å². The number of carbonyl (C=O) groups excluding carboxylic acids is 1. The average molecular weight is 248 g/mol. The molecule has 0 spiro atoms. The van der Waals surface area contributed by atoms with Crippen molar-refractivity contribution in [2.24, 2.45) is 5.73 Å². The number of carbonyl (C=O) groups is 1. The number of nitrogens with one attached hydrogen (secondary N) is 1. The molecule has 1 amide bonds. The Morgan fingerprint density at radius 1 is 1.33 bits per heavy atom. The first kappa shape index (κ1) is 14.7. The van der Waals surface area contributed by atoms with Gasteiger partial charge >= 0.3 is 0 Å². The van der Waals surface area contributed by atoms with Crippen molar-refractivity contribution in [1.29, 1.82) is 0 Å². The van der Waals surface area contributed by atoms with Crippen LogP contribution in [0, 0.1) is 0 Å². The van der Waals surface area contributed by atoms with Gasteiger partial charge in [0.05, 0.1) is 6.42 Å². The predicted molar refractivity (Wildman–Crippen MR) is 75.2 cm³/mol. The molecule has 0 saturated heterocycles. The second-order valence-electron chi connectivity index (χ2n) is 4.76. The highest BCUT2D eigenvalue weighted by Gasteiger charge is 2.09. The molecule has 1 aromatic carbocycles. The molecule has 0 aliphatic rings. The maximum Gasteiger partial charge on any atom is 0.224 e. The second kappa shape index (κ2) is 7.88. The van der Waals surface area contributed by atoms with Crippen molar-refractivity contribution in [3.8, 4) is 0 Å². The molecular formula is C15H24N2O. The first-order valence-electron chi connectivity index (χ1n) is 6.73. The SMILES string of the molecule is CCCCC(C)NC(=O)Cc1ccccc1CN. The zero-order chi connectivity index (χ0) is 13.4. The maximum atomic E-state index is 11.9. The molecule has 1 unspecified atom stereocenters. The molecule has 100 valence electrons. The summed E-state index contributed by atoms with van der Waals surface area (Å²) in [5, 5.41) is 3.03. The smallest absolute Gasteiger partial charge is 0.224 e. The number of unbranched alkanes of at least 4 members (excludes halogenated alkanes) is 1. The lowest BCUT2D eigenvalue weighted by Crippen LogP contribution is -2.33. The van der Waals surface area contributed by atoms with Gasteiger partial charge in [0.1, 0.15) is 0 Å². The van der Waals surface area contributed by atoms with E-state index in [-0.39, 0.29) is 11.9 Å². The Kier molecular flexibility index (Phi) is 6.44. The quantitative estimate of drug-likeness (QED) is 0.778. The summed E-state index contributed by atoms with van der Waals surface area (Å²) in [5.74, 6) is 0.0829. The van der Waals surface area contributed by atoms with Crippen molar-refractivity contribution < 1.29 is 4.79 Å². The van der Waals surface area contributed by atoms with Crippen LogP contribution in [0.4, 0.5) is 0 Å². The first-order valence-corrected chi connectivity index (χ1v) is 6.73. The van der Waals surface area contributed by atoms with Gasteiger partial charge in [-0.1, -0.05) is 44.0 Å². The van der Waals surface area contributed by atoms with Crippen LogP contribution in [0.25, 0.3) is 0 Å². The minimum atomic E-state index is 0.0829. The molecule has 3 N–H and O–H groups in total.